The third-order valence-corrected chi connectivity index (χ3v) is 6.62. The molecule has 4 aliphatic rings. The van der Waals surface area contributed by atoms with Crippen LogP contribution in [-0.2, 0) is 19.0 Å². The summed E-state index contributed by atoms with van der Waals surface area (Å²) in [4.78, 5) is 12.1. The number of esters is 1. The Morgan fingerprint density at radius 1 is 1.38 bits per heavy atom. The zero-order valence-corrected chi connectivity index (χ0v) is 13.3. The molecule has 4 nitrogen and oxygen atoms in total. The summed E-state index contributed by atoms with van der Waals surface area (Å²) < 4.78 is 17.9. The minimum absolute atomic E-state index is 0.0844. The summed E-state index contributed by atoms with van der Waals surface area (Å²) in [5, 5.41) is 0. The molecule has 1 spiro atoms. The van der Waals surface area contributed by atoms with Gasteiger partial charge < -0.3 is 14.2 Å². The molecule has 0 aromatic heterocycles. The van der Waals surface area contributed by atoms with Crippen LogP contribution in [0.2, 0.25) is 0 Å². The van der Waals surface area contributed by atoms with Gasteiger partial charge in [-0.2, -0.15) is 0 Å². The predicted molar refractivity (Wildman–Crippen MR) is 76.5 cm³/mol. The minimum Gasteiger partial charge on any atom is -0.425 e. The topological polar surface area (TPSA) is 48.1 Å². The summed E-state index contributed by atoms with van der Waals surface area (Å²) in [6.45, 7) is 9.01. The molecule has 116 valence electrons. The fraction of sp³-hybridized carbons (Fsp3) is 0.824. The van der Waals surface area contributed by atoms with Gasteiger partial charge in [0, 0.05) is 29.6 Å². The van der Waals surface area contributed by atoms with Gasteiger partial charge in [-0.1, -0.05) is 13.8 Å². The average molecular weight is 292 g/mol. The van der Waals surface area contributed by atoms with Crippen molar-refractivity contribution in [2.45, 2.75) is 70.9 Å². The highest BCUT2D eigenvalue weighted by Crippen LogP contribution is 2.70. The van der Waals surface area contributed by atoms with Crippen LogP contribution in [0.4, 0.5) is 0 Å². The van der Waals surface area contributed by atoms with E-state index in [1.54, 1.807) is 0 Å². The van der Waals surface area contributed by atoms with Gasteiger partial charge in [0.05, 0.1) is 6.10 Å². The lowest BCUT2D eigenvalue weighted by Gasteiger charge is -2.52. The van der Waals surface area contributed by atoms with Crippen molar-refractivity contribution >= 4 is 5.97 Å². The molecule has 1 saturated heterocycles. The Bertz CT molecular complexity index is 553. The van der Waals surface area contributed by atoms with Crippen molar-refractivity contribution in [2.24, 2.45) is 11.3 Å². The molecule has 0 radical (unpaired) electrons. The van der Waals surface area contributed by atoms with Crippen LogP contribution < -0.4 is 0 Å². The molecular formula is C17H24O4. The molecule has 4 rings (SSSR count). The molecule has 21 heavy (non-hydrogen) atoms. The van der Waals surface area contributed by atoms with Gasteiger partial charge in [-0.3, -0.25) is 0 Å². The summed E-state index contributed by atoms with van der Waals surface area (Å²) in [6.07, 6.45) is 4.15. The van der Waals surface area contributed by atoms with Crippen molar-refractivity contribution in [3.63, 3.8) is 0 Å². The predicted octanol–water partition coefficient (Wildman–Crippen LogP) is 2.96. The third-order valence-electron chi connectivity index (χ3n) is 6.62. The lowest BCUT2D eigenvalue weighted by atomic mass is 9.53. The Balaban J connectivity index is 1.82. The number of ether oxygens (including phenoxy) is 3. The number of carbonyl (C=O) groups excluding carboxylic acids is 1. The van der Waals surface area contributed by atoms with Crippen molar-refractivity contribution in [1.82, 2.24) is 0 Å². The highest BCUT2D eigenvalue weighted by atomic mass is 16.7. The first kappa shape index (κ1) is 13.8. The van der Waals surface area contributed by atoms with Crippen LogP contribution in [0, 0.1) is 11.3 Å². The number of rotatable bonds is 2. The van der Waals surface area contributed by atoms with Crippen LogP contribution in [-0.4, -0.2) is 30.1 Å². The molecule has 4 heteroatoms. The van der Waals surface area contributed by atoms with Crippen LogP contribution in [0.3, 0.4) is 0 Å². The van der Waals surface area contributed by atoms with Crippen LogP contribution in [0.5, 0.6) is 0 Å². The molecule has 0 aromatic rings. The zero-order chi connectivity index (χ0) is 15.0. The van der Waals surface area contributed by atoms with Gasteiger partial charge >= 0.3 is 5.97 Å². The molecule has 0 aromatic carbocycles. The number of hydrogen-bond donors (Lipinski definition) is 0. The van der Waals surface area contributed by atoms with Crippen molar-refractivity contribution in [2.75, 3.05) is 6.61 Å². The van der Waals surface area contributed by atoms with Crippen molar-refractivity contribution in [3.05, 3.63) is 11.1 Å². The number of carbonyl (C=O) groups is 1. The fourth-order valence-corrected chi connectivity index (χ4v) is 5.05. The van der Waals surface area contributed by atoms with Crippen LogP contribution in [0.25, 0.3) is 0 Å². The second kappa shape index (κ2) is 3.90. The Morgan fingerprint density at radius 2 is 2.14 bits per heavy atom. The summed E-state index contributed by atoms with van der Waals surface area (Å²) in [5.74, 6) is -0.491. The molecule has 0 bridgehead atoms. The summed E-state index contributed by atoms with van der Waals surface area (Å²) in [6, 6.07) is 0. The van der Waals surface area contributed by atoms with Gasteiger partial charge in [-0.15, -0.1) is 0 Å². The Morgan fingerprint density at radius 3 is 2.86 bits per heavy atom. The quantitative estimate of drug-likeness (QED) is 0.580. The molecule has 0 amide bonds. The van der Waals surface area contributed by atoms with E-state index in [-0.39, 0.29) is 17.0 Å². The Kier molecular flexibility index (Phi) is 2.56. The maximum atomic E-state index is 12.1. The van der Waals surface area contributed by atoms with E-state index in [1.807, 2.05) is 13.8 Å². The smallest absolute Gasteiger partial charge is 0.336 e. The van der Waals surface area contributed by atoms with Crippen molar-refractivity contribution in [1.29, 1.82) is 0 Å². The zero-order valence-electron chi connectivity index (χ0n) is 13.3. The molecule has 5 atom stereocenters. The lowest BCUT2D eigenvalue weighted by molar-refractivity contribution is -0.226. The first-order valence-corrected chi connectivity index (χ1v) is 8.14. The normalized spacial score (nSPS) is 51.1. The van der Waals surface area contributed by atoms with E-state index in [1.165, 1.54) is 6.42 Å². The first-order chi connectivity index (χ1) is 9.88. The van der Waals surface area contributed by atoms with Crippen LogP contribution in [0.15, 0.2) is 11.1 Å². The lowest BCUT2D eigenvalue weighted by Crippen LogP contribution is -2.57. The van der Waals surface area contributed by atoms with Crippen LogP contribution >= 0.6 is 0 Å². The van der Waals surface area contributed by atoms with Gasteiger partial charge in [0.25, 0.3) is 0 Å². The largest absolute Gasteiger partial charge is 0.425 e. The van der Waals surface area contributed by atoms with Gasteiger partial charge in [0.2, 0.25) is 5.79 Å². The maximum Gasteiger partial charge on any atom is 0.336 e. The highest BCUT2D eigenvalue weighted by Gasteiger charge is 2.76. The first-order valence-electron chi connectivity index (χ1n) is 8.14. The monoisotopic (exact) mass is 292 g/mol. The Labute approximate surface area is 125 Å². The molecule has 0 N–H and O–H groups in total. The minimum atomic E-state index is -0.860. The summed E-state index contributed by atoms with van der Waals surface area (Å²) in [7, 11) is 0. The molecular weight excluding hydrogens is 268 g/mol. The second-order valence-corrected chi connectivity index (χ2v) is 7.42. The highest BCUT2D eigenvalue weighted by molar-refractivity contribution is 5.92. The fourth-order valence-electron chi connectivity index (χ4n) is 5.05. The maximum absolute atomic E-state index is 12.1. The van der Waals surface area contributed by atoms with E-state index in [9.17, 15) is 4.79 Å². The summed E-state index contributed by atoms with van der Waals surface area (Å²) >= 11 is 0. The molecule has 3 fully saturated rings. The molecule has 2 aliphatic carbocycles. The number of epoxide rings is 1. The SMILES string of the molecule is CCO[C@@]12C[C@]34O[C@H]3CC[C@H](C)[C@@]4(C)CC1=C(C)C(=O)O2. The third kappa shape index (κ3) is 1.45. The summed E-state index contributed by atoms with van der Waals surface area (Å²) in [5.41, 5.74) is 1.73. The number of hydrogen-bond acceptors (Lipinski definition) is 4. The van der Waals surface area contributed by atoms with Gasteiger partial charge in [0.1, 0.15) is 5.60 Å². The standard InChI is InChI=1S/C17H24O4/c1-5-19-17-9-16-13(20-16)7-6-10(2)15(16,4)8-12(17)11(3)14(18)21-17/h10,13H,5-9H2,1-4H3/t10-,13-,15+,16-,17+/m0/s1. The Hall–Kier alpha value is -0.870. The van der Waals surface area contributed by atoms with E-state index in [0.29, 0.717) is 25.0 Å². The van der Waals surface area contributed by atoms with E-state index >= 15 is 0 Å². The molecule has 2 aliphatic heterocycles. The second-order valence-electron chi connectivity index (χ2n) is 7.42. The van der Waals surface area contributed by atoms with Gasteiger partial charge in [-0.05, 0) is 39.0 Å². The van der Waals surface area contributed by atoms with E-state index in [0.717, 1.165) is 24.0 Å². The van der Waals surface area contributed by atoms with Crippen molar-refractivity contribution < 1.29 is 19.0 Å². The van der Waals surface area contributed by atoms with Crippen molar-refractivity contribution in [3.8, 4) is 0 Å². The van der Waals surface area contributed by atoms with Gasteiger partial charge in [-0.25, -0.2) is 4.79 Å². The van der Waals surface area contributed by atoms with E-state index in [2.05, 4.69) is 13.8 Å². The van der Waals surface area contributed by atoms with E-state index < -0.39 is 5.79 Å². The van der Waals surface area contributed by atoms with Gasteiger partial charge in [0.15, 0.2) is 0 Å². The van der Waals surface area contributed by atoms with E-state index in [4.69, 9.17) is 14.2 Å². The van der Waals surface area contributed by atoms with Crippen LogP contribution in [0.1, 0.15) is 53.4 Å². The molecule has 2 heterocycles. The molecule has 2 saturated carbocycles. The average Bonchev–Trinajstić information content (AvgIpc) is 3.08. The molecule has 0 unspecified atom stereocenters. The number of fused-ring (bicyclic) bond motifs is 1.